The maximum atomic E-state index is 11.1. The van der Waals surface area contributed by atoms with Gasteiger partial charge < -0.3 is 0 Å². The average Bonchev–Trinajstić information content (AvgIpc) is 2.21. The van der Waals surface area contributed by atoms with Gasteiger partial charge in [-0.3, -0.25) is 0 Å². The lowest BCUT2D eigenvalue weighted by Gasteiger charge is -2.13. The van der Waals surface area contributed by atoms with Gasteiger partial charge in [0, 0.05) is 13.6 Å². The minimum Gasteiger partial charge on any atom is -0.213 e. The van der Waals surface area contributed by atoms with Gasteiger partial charge in [0.2, 0.25) is 10.0 Å². The minimum absolute atomic E-state index is 0.430. The molecule has 0 saturated heterocycles. The molecule has 1 aromatic carbocycles. The lowest BCUT2D eigenvalue weighted by atomic mass is 10.2. The van der Waals surface area contributed by atoms with Crippen LogP contribution in [-0.4, -0.2) is 26.0 Å². The standard InChI is InChI=1S/C9H13NO2S.C2H6/c1-10(13(2,11)12)8-9-6-4-3-5-7-9;1-2/h3-7H,8H2,1-2H3;1-2H3. The van der Waals surface area contributed by atoms with Crippen LogP contribution in [0.1, 0.15) is 19.4 Å². The fourth-order valence-electron chi connectivity index (χ4n) is 0.958. The first-order chi connectivity index (χ1) is 7.00. The fourth-order valence-corrected chi connectivity index (χ4v) is 1.34. The fraction of sp³-hybridized carbons (Fsp3) is 0.455. The number of hydrogen-bond donors (Lipinski definition) is 0. The summed E-state index contributed by atoms with van der Waals surface area (Å²) in [6, 6.07) is 9.50. The Bertz CT molecular complexity index is 359. The molecule has 0 unspecified atom stereocenters. The maximum Gasteiger partial charge on any atom is 0.211 e. The molecule has 0 bridgehead atoms. The molecule has 0 spiro atoms. The minimum atomic E-state index is -3.07. The van der Waals surface area contributed by atoms with Crippen LogP contribution < -0.4 is 0 Å². The van der Waals surface area contributed by atoms with E-state index in [1.165, 1.54) is 10.6 Å². The van der Waals surface area contributed by atoms with Crippen LogP contribution in [0, 0.1) is 0 Å². The van der Waals surface area contributed by atoms with E-state index < -0.39 is 10.0 Å². The van der Waals surface area contributed by atoms with Crippen LogP contribution in [-0.2, 0) is 16.6 Å². The molecule has 0 aliphatic carbocycles. The second-order valence-electron chi connectivity index (χ2n) is 3.00. The number of benzene rings is 1. The number of rotatable bonds is 3. The molecule has 15 heavy (non-hydrogen) atoms. The summed E-state index contributed by atoms with van der Waals surface area (Å²) in [6.07, 6.45) is 1.20. The summed E-state index contributed by atoms with van der Waals surface area (Å²) in [4.78, 5) is 0. The molecule has 0 N–H and O–H groups in total. The molecule has 0 aromatic heterocycles. The predicted octanol–water partition coefficient (Wildman–Crippen LogP) is 2.10. The molecule has 0 aliphatic rings. The molecule has 0 radical (unpaired) electrons. The lowest BCUT2D eigenvalue weighted by molar-refractivity contribution is 0.472. The van der Waals surface area contributed by atoms with Crippen molar-refractivity contribution in [2.45, 2.75) is 20.4 Å². The van der Waals surface area contributed by atoms with Gasteiger partial charge in [-0.1, -0.05) is 44.2 Å². The zero-order valence-corrected chi connectivity index (χ0v) is 10.6. The van der Waals surface area contributed by atoms with E-state index in [-0.39, 0.29) is 0 Å². The summed E-state index contributed by atoms with van der Waals surface area (Å²) in [5.41, 5.74) is 0.996. The van der Waals surface area contributed by atoms with E-state index in [9.17, 15) is 8.42 Å². The summed E-state index contributed by atoms with van der Waals surface area (Å²) < 4.78 is 23.4. The van der Waals surface area contributed by atoms with Crippen LogP contribution >= 0.6 is 0 Å². The third-order valence-corrected chi connectivity index (χ3v) is 3.08. The van der Waals surface area contributed by atoms with Gasteiger partial charge in [0.25, 0.3) is 0 Å². The summed E-state index contributed by atoms with van der Waals surface area (Å²) in [5.74, 6) is 0. The largest absolute Gasteiger partial charge is 0.213 e. The molecule has 0 atom stereocenters. The van der Waals surface area contributed by atoms with Crippen molar-refractivity contribution in [3.63, 3.8) is 0 Å². The highest BCUT2D eigenvalue weighted by molar-refractivity contribution is 7.88. The van der Waals surface area contributed by atoms with Gasteiger partial charge in [-0.2, -0.15) is 0 Å². The Hall–Kier alpha value is -0.870. The Morgan fingerprint density at radius 2 is 1.60 bits per heavy atom. The van der Waals surface area contributed by atoms with Gasteiger partial charge in [-0.05, 0) is 5.56 Å². The first-order valence-corrected chi connectivity index (χ1v) is 6.80. The van der Waals surface area contributed by atoms with Crippen molar-refractivity contribution in [1.29, 1.82) is 0 Å². The predicted molar refractivity (Wildman–Crippen MR) is 64.1 cm³/mol. The normalized spacial score (nSPS) is 10.7. The van der Waals surface area contributed by atoms with E-state index in [2.05, 4.69) is 0 Å². The van der Waals surface area contributed by atoms with Crippen LogP contribution in [0.2, 0.25) is 0 Å². The number of nitrogens with zero attached hydrogens (tertiary/aromatic N) is 1. The van der Waals surface area contributed by atoms with Crippen molar-refractivity contribution < 1.29 is 8.42 Å². The Balaban J connectivity index is 0.000000921. The van der Waals surface area contributed by atoms with Crippen molar-refractivity contribution in [3.8, 4) is 0 Å². The molecule has 0 fully saturated rings. The molecule has 0 aliphatic heterocycles. The van der Waals surface area contributed by atoms with E-state index >= 15 is 0 Å². The highest BCUT2D eigenvalue weighted by atomic mass is 32.2. The number of hydrogen-bond acceptors (Lipinski definition) is 2. The molecular formula is C11H19NO2S. The maximum absolute atomic E-state index is 11.1. The van der Waals surface area contributed by atoms with Crippen molar-refractivity contribution in [2.24, 2.45) is 0 Å². The number of sulfonamides is 1. The molecule has 4 heteroatoms. The van der Waals surface area contributed by atoms with E-state index in [1.807, 2.05) is 44.2 Å². The van der Waals surface area contributed by atoms with Crippen LogP contribution in [0.5, 0.6) is 0 Å². The summed E-state index contributed by atoms with van der Waals surface area (Å²) in [7, 11) is -1.50. The Morgan fingerprint density at radius 1 is 1.13 bits per heavy atom. The molecule has 1 aromatic rings. The van der Waals surface area contributed by atoms with Gasteiger partial charge in [0.05, 0.1) is 6.26 Å². The summed E-state index contributed by atoms with van der Waals surface area (Å²) >= 11 is 0. The van der Waals surface area contributed by atoms with Gasteiger partial charge in [-0.15, -0.1) is 0 Å². The third kappa shape index (κ3) is 5.54. The highest BCUT2D eigenvalue weighted by Gasteiger charge is 2.10. The van der Waals surface area contributed by atoms with Gasteiger partial charge in [0.1, 0.15) is 0 Å². The van der Waals surface area contributed by atoms with Crippen molar-refractivity contribution in [2.75, 3.05) is 13.3 Å². The summed E-state index contributed by atoms with van der Waals surface area (Å²) in [6.45, 7) is 4.43. The van der Waals surface area contributed by atoms with Gasteiger partial charge >= 0.3 is 0 Å². The monoisotopic (exact) mass is 229 g/mol. The van der Waals surface area contributed by atoms with Crippen LogP contribution in [0.15, 0.2) is 30.3 Å². The highest BCUT2D eigenvalue weighted by Crippen LogP contribution is 2.04. The summed E-state index contributed by atoms with van der Waals surface area (Å²) in [5, 5.41) is 0. The smallest absolute Gasteiger partial charge is 0.211 e. The first-order valence-electron chi connectivity index (χ1n) is 4.95. The van der Waals surface area contributed by atoms with Gasteiger partial charge in [0.15, 0.2) is 0 Å². The molecular weight excluding hydrogens is 210 g/mol. The molecule has 86 valence electrons. The molecule has 0 amide bonds. The van der Waals surface area contributed by atoms with Crippen LogP contribution in [0.3, 0.4) is 0 Å². The molecule has 0 heterocycles. The topological polar surface area (TPSA) is 37.4 Å². The molecule has 1 rings (SSSR count). The van der Waals surface area contributed by atoms with Crippen molar-refractivity contribution in [3.05, 3.63) is 35.9 Å². The van der Waals surface area contributed by atoms with Crippen LogP contribution in [0.4, 0.5) is 0 Å². The Kier molecular flexibility index (Phi) is 6.20. The lowest BCUT2D eigenvalue weighted by Crippen LogP contribution is -2.24. The zero-order chi connectivity index (χ0) is 11.9. The van der Waals surface area contributed by atoms with E-state index in [0.717, 1.165) is 5.56 Å². The van der Waals surface area contributed by atoms with Crippen LogP contribution in [0.25, 0.3) is 0 Å². The first kappa shape index (κ1) is 14.1. The van der Waals surface area contributed by atoms with E-state index in [1.54, 1.807) is 7.05 Å². The Labute approximate surface area is 92.8 Å². The Morgan fingerprint density at radius 3 is 2.00 bits per heavy atom. The molecule has 0 saturated carbocycles. The average molecular weight is 229 g/mol. The van der Waals surface area contributed by atoms with E-state index in [0.29, 0.717) is 6.54 Å². The van der Waals surface area contributed by atoms with E-state index in [4.69, 9.17) is 0 Å². The second-order valence-corrected chi connectivity index (χ2v) is 5.09. The zero-order valence-electron chi connectivity index (χ0n) is 9.77. The van der Waals surface area contributed by atoms with Gasteiger partial charge in [-0.25, -0.2) is 12.7 Å². The SMILES string of the molecule is CC.CN(Cc1ccccc1)S(C)(=O)=O. The third-order valence-electron chi connectivity index (χ3n) is 1.81. The quantitative estimate of drug-likeness (QED) is 0.796. The second kappa shape index (κ2) is 6.58. The van der Waals surface area contributed by atoms with Crippen molar-refractivity contribution in [1.82, 2.24) is 4.31 Å². The molecule has 3 nitrogen and oxygen atoms in total. The van der Waals surface area contributed by atoms with Crippen molar-refractivity contribution >= 4 is 10.0 Å².